The predicted molar refractivity (Wildman–Crippen MR) is 83.3 cm³/mol. The normalized spacial score (nSPS) is 50.2. The number of allylic oxidation sites excluding steroid dienone is 1. The zero-order chi connectivity index (χ0) is 14.8. The van der Waals surface area contributed by atoms with Crippen LogP contribution in [0.15, 0.2) is 17.9 Å². The van der Waals surface area contributed by atoms with Gasteiger partial charge in [-0.05, 0) is 72.2 Å². The van der Waals surface area contributed by atoms with Crippen LogP contribution in [0.25, 0.3) is 0 Å². The smallest absolute Gasteiger partial charge is 0.0594 e. The highest BCUT2D eigenvalue weighted by Gasteiger charge is 2.62. The van der Waals surface area contributed by atoms with Gasteiger partial charge >= 0.3 is 0 Å². The van der Waals surface area contributed by atoms with Crippen LogP contribution in [0.1, 0.15) is 66.2 Å². The molecular weight excluding hydrogens is 244 g/mol. The molecule has 112 valence electrons. The molecule has 0 amide bonds. The van der Waals surface area contributed by atoms with E-state index in [4.69, 9.17) is 0 Å². The van der Waals surface area contributed by atoms with Gasteiger partial charge in [-0.15, -0.1) is 5.73 Å². The molecule has 1 unspecified atom stereocenters. The number of rotatable bonds is 0. The second-order valence-corrected chi connectivity index (χ2v) is 8.64. The third-order valence-corrected chi connectivity index (χ3v) is 7.61. The van der Waals surface area contributed by atoms with Crippen LogP contribution in [0, 0.1) is 28.1 Å². The summed E-state index contributed by atoms with van der Waals surface area (Å²) >= 11 is 0. The van der Waals surface area contributed by atoms with E-state index >= 15 is 0 Å². The fourth-order valence-corrected chi connectivity index (χ4v) is 6.42. The van der Waals surface area contributed by atoms with Crippen molar-refractivity contribution in [3.8, 4) is 0 Å². The topological polar surface area (TPSA) is 20.2 Å². The molecule has 1 heteroatoms. The lowest BCUT2D eigenvalue weighted by molar-refractivity contribution is -0.157. The molecule has 3 saturated carbocycles. The van der Waals surface area contributed by atoms with Gasteiger partial charge in [0.05, 0.1) is 6.10 Å². The first-order chi connectivity index (χ1) is 9.26. The molecule has 1 N–H and O–H groups in total. The molecule has 0 aromatic heterocycles. The fraction of sp³-hybridized carbons (Fsp3) is 0.842. The van der Waals surface area contributed by atoms with Gasteiger partial charge in [-0.2, -0.15) is 0 Å². The maximum atomic E-state index is 10.5. The summed E-state index contributed by atoms with van der Waals surface area (Å²) in [5.41, 5.74) is 5.51. The molecule has 5 atom stereocenters. The van der Waals surface area contributed by atoms with Gasteiger partial charge in [0.2, 0.25) is 0 Å². The van der Waals surface area contributed by atoms with Crippen molar-refractivity contribution in [2.75, 3.05) is 0 Å². The molecule has 0 heterocycles. The van der Waals surface area contributed by atoms with Gasteiger partial charge in [-0.3, -0.25) is 0 Å². The van der Waals surface area contributed by atoms with Crippen LogP contribution in [0.2, 0.25) is 0 Å². The van der Waals surface area contributed by atoms with Crippen LogP contribution < -0.4 is 0 Å². The van der Waals surface area contributed by atoms with E-state index in [1.807, 2.05) is 0 Å². The van der Waals surface area contributed by atoms with Crippen LogP contribution in [0.3, 0.4) is 0 Å². The average Bonchev–Trinajstić information content (AvgIpc) is 2.72. The Bertz CT molecular complexity index is 470. The summed E-state index contributed by atoms with van der Waals surface area (Å²) in [5, 5.41) is 10.5. The third-order valence-electron chi connectivity index (χ3n) is 7.61. The van der Waals surface area contributed by atoms with Crippen LogP contribution in [0.5, 0.6) is 0 Å². The summed E-state index contributed by atoms with van der Waals surface area (Å²) in [6.07, 6.45) is 7.03. The van der Waals surface area contributed by atoms with E-state index in [9.17, 15) is 5.11 Å². The fourth-order valence-electron chi connectivity index (χ4n) is 6.42. The molecule has 0 bridgehead atoms. The highest BCUT2D eigenvalue weighted by molar-refractivity contribution is 5.25. The first-order valence-electron chi connectivity index (χ1n) is 8.34. The predicted octanol–water partition coefficient (Wildman–Crippen LogP) is 4.71. The maximum Gasteiger partial charge on any atom is 0.0594 e. The Morgan fingerprint density at radius 3 is 2.40 bits per heavy atom. The molecule has 0 saturated heterocycles. The molecule has 3 aliphatic rings. The van der Waals surface area contributed by atoms with Crippen molar-refractivity contribution < 1.29 is 5.11 Å². The minimum absolute atomic E-state index is 0.0645. The maximum absolute atomic E-state index is 10.5. The highest BCUT2D eigenvalue weighted by atomic mass is 16.3. The zero-order valence-electron chi connectivity index (χ0n) is 13.6. The third kappa shape index (κ3) is 1.60. The summed E-state index contributed by atoms with van der Waals surface area (Å²) in [6, 6.07) is 0. The Hall–Kier alpha value is -0.520. The van der Waals surface area contributed by atoms with Gasteiger partial charge in [-0.25, -0.2) is 0 Å². The van der Waals surface area contributed by atoms with Crippen molar-refractivity contribution in [1.82, 2.24) is 0 Å². The number of hydrogen-bond acceptors (Lipinski definition) is 1. The SMILES string of the molecule is C=C=C1CC[C@H]2[C@@]3(C)CC[C@H](O)C(C)(C)C3CC[C@]12C. The zero-order valence-corrected chi connectivity index (χ0v) is 13.6. The van der Waals surface area contributed by atoms with Crippen LogP contribution >= 0.6 is 0 Å². The molecule has 20 heavy (non-hydrogen) atoms. The first-order valence-corrected chi connectivity index (χ1v) is 8.34. The van der Waals surface area contributed by atoms with E-state index in [0.717, 1.165) is 12.3 Å². The number of aliphatic hydroxyl groups is 1. The molecule has 3 fully saturated rings. The Kier molecular flexibility index (Phi) is 3.06. The van der Waals surface area contributed by atoms with Crippen molar-refractivity contribution in [3.05, 3.63) is 17.9 Å². The highest BCUT2D eigenvalue weighted by Crippen LogP contribution is 2.69. The minimum atomic E-state index is -0.124. The summed E-state index contributed by atoms with van der Waals surface area (Å²) in [5.74, 6) is 1.41. The molecule has 0 aliphatic heterocycles. The van der Waals surface area contributed by atoms with E-state index in [-0.39, 0.29) is 11.5 Å². The molecule has 3 aliphatic carbocycles. The lowest BCUT2D eigenvalue weighted by Gasteiger charge is -2.62. The van der Waals surface area contributed by atoms with E-state index in [0.29, 0.717) is 16.7 Å². The van der Waals surface area contributed by atoms with Crippen molar-refractivity contribution in [2.45, 2.75) is 72.3 Å². The van der Waals surface area contributed by atoms with E-state index in [2.05, 4.69) is 40.0 Å². The van der Waals surface area contributed by atoms with E-state index in [1.54, 1.807) is 0 Å². The molecule has 0 spiro atoms. The van der Waals surface area contributed by atoms with Crippen molar-refractivity contribution in [3.63, 3.8) is 0 Å². The monoisotopic (exact) mass is 274 g/mol. The molecule has 1 nitrogen and oxygen atoms in total. The van der Waals surface area contributed by atoms with Gasteiger partial charge in [-0.1, -0.05) is 34.3 Å². The largest absolute Gasteiger partial charge is 0.393 e. The van der Waals surface area contributed by atoms with E-state index in [1.165, 1.54) is 37.7 Å². The average molecular weight is 274 g/mol. The Balaban J connectivity index is 2.03. The number of aliphatic hydroxyl groups excluding tert-OH is 1. The van der Waals surface area contributed by atoms with Crippen molar-refractivity contribution >= 4 is 0 Å². The second kappa shape index (κ2) is 4.24. The summed E-state index contributed by atoms with van der Waals surface area (Å²) < 4.78 is 0. The van der Waals surface area contributed by atoms with Crippen molar-refractivity contribution in [1.29, 1.82) is 0 Å². The summed E-state index contributed by atoms with van der Waals surface area (Å²) in [7, 11) is 0. The first kappa shape index (κ1) is 14.4. The van der Waals surface area contributed by atoms with Gasteiger partial charge in [0, 0.05) is 0 Å². The van der Waals surface area contributed by atoms with Crippen molar-refractivity contribution in [2.24, 2.45) is 28.1 Å². The van der Waals surface area contributed by atoms with Gasteiger partial charge in [0.25, 0.3) is 0 Å². The minimum Gasteiger partial charge on any atom is -0.393 e. The Morgan fingerprint density at radius 1 is 1.05 bits per heavy atom. The molecular formula is C19H30O. The quantitative estimate of drug-likeness (QED) is 0.634. The second-order valence-electron chi connectivity index (χ2n) is 8.64. The summed E-state index contributed by atoms with van der Waals surface area (Å²) in [6.45, 7) is 13.5. The van der Waals surface area contributed by atoms with E-state index < -0.39 is 0 Å². The van der Waals surface area contributed by atoms with Crippen LogP contribution in [0.4, 0.5) is 0 Å². The van der Waals surface area contributed by atoms with Gasteiger partial charge in [0.15, 0.2) is 0 Å². The Labute approximate surface area is 124 Å². The van der Waals surface area contributed by atoms with Crippen LogP contribution in [-0.4, -0.2) is 11.2 Å². The van der Waals surface area contributed by atoms with Gasteiger partial charge < -0.3 is 5.11 Å². The molecule has 3 rings (SSSR count). The molecule has 0 radical (unpaired) electrons. The Morgan fingerprint density at radius 2 is 1.75 bits per heavy atom. The lowest BCUT2D eigenvalue weighted by Crippen LogP contribution is -2.57. The van der Waals surface area contributed by atoms with Crippen LogP contribution in [-0.2, 0) is 0 Å². The number of fused-ring (bicyclic) bond motifs is 3. The summed E-state index contributed by atoms with van der Waals surface area (Å²) in [4.78, 5) is 0. The number of hydrogen-bond donors (Lipinski definition) is 1. The lowest BCUT2D eigenvalue weighted by atomic mass is 9.43. The molecule has 0 aromatic carbocycles. The van der Waals surface area contributed by atoms with Gasteiger partial charge in [0.1, 0.15) is 0 Å². The molecule has 0 aromatic rings. The standard InChI is InChI=1S/C19H30O/c1-6-13-7-8-15-18(13,4)11-9-14-17(2,3)16(20)10-12-19(14,15)5/h14-16,20H,1,7-12H2,2-5H3/t14?,15-,16+,18-,19+/m1/s1.